The smallest absolute Gasteiger partial charge is 0.254 e. The Bertz CT molecular complexity index is 1930. The average Bonchev–Trinajstić information content (AvgIpc) is 3.99. The molecule has 0 spiro atoms. The lowest BCUT2D eigenvalue weighted by Crippen LogP contribution is -2.58. The van der Waals surface area contributed by atoms with Gasteiger partial charge in [-0.3, -0.25) is 29.3 Å². The van der Waals surface area contributed by atoms with Crippen molar-refractivity contribution < 1.29 is 32.3 Å². The Morgan fingerprint density at radius 2 is 1.82 bits per heavy atom. The summed E-state index contributed by atoms with van der Waals surface area (Å²) in [6.45, 7) is 11.3. The molecule has 3 aromatic rings. The number of likely N-dealkylation sites (tertiary alicyclic amines) is 1. The van der Waals surface area contributed by atoms with Gasteiger partial charge in [0.05, 0.1) is 18.4 Å². The van der Waals surface area contributed by atoms with Crippen molar-refractivity contribution in [2.45, 2.75) is 82.4 Å². The Morgan fingerprint density at radius 3 is 2.44 bits per heavy atom. The van der Waals surface area contributed by atoms with Crippen LogP contribution in [0.1, 0.15) is 50.9 Å². The fraction of sp³-hybridized carbons (Fsp3) is 0.486. The van der Waals surface area contributed by atoms with E-state index in [4.69, 9.17) is 9.47 Å². The topological polar surface area (TPSA) is 182 Å². The number of nitrogens with zero attached hydrogens (tertiary/aromatic N) is 4. The minimum absolute atomic E-state index is 0.0873. The Morgan fingerprint density at radius 1 is 1.10 bits per heavy atom. The minimum atomic E-state index is -3.88. The molecule has 266 valence electrons. The van der Waals surface area contributed by atoms with Gasteiger partial charge in [0.25, 0.3) is 5.91 Å². The summed E-state index contributed by atoms with van der Waals surface area (Å²) < 4.78 is 39.9. The zero-order valence-electron chi connectivity index (χ0n) is 28.8. The Hall–Kier alpha value is -4.63. The molecule has 3 fully saturated rings. The summed E-state index contributed by atoms with van der Waals surface area (Å²) in [5.41, 5.74) is 0.0644. The molecule has 3 aliphatic rings. The highest BCUT2D eigenvalue weighted by Gasteiger charge is 2.67. The van der Waals surface area contributed by atoms with Gasteiger partial charge in [0.2, 0.25) is 33.7 Å². The van der Waals surface area contributed by atoms with E-state index in [1.54, 1.807) is 30.3 Å². The summed E-state index contributed by atoms with van der Waals surface area (Å²) in [6, 6.07) is 7.23. The summed E-state index contributed by atoms with van der Waals surface area (Å²) in [5.74, 6) is -1.38. The molecule has 1 saturated heterocycles. The predicted molar refractivity (Wildman–Crippen MR) is 186 cm³/mol. The number of aromatic nitrogens is 3. The molecule has 1 aromatic carbocycles. The third-order valence-corrected chi connectivity index (χ3v) is 11.4. The molecule has 2 aromatic heterocycles. The highest BCUT2D eigenvalue weighted by molar-refractivity contribution is 7.91. The van der Waals surface area contributed by atoms with Crippen molar-refractivity contribution >= 4 is 44.5 Å². The maximum absolute atomic E-state index is 14.1. The quantitative estimate of drug-likeness (QED) is 0.222. The number of hydrogen-bond acceptors (Lipinski definition) is 12. The molecule has 0 radical (unpaired) electrons. The number of carbonyl (C=O) groups is 3. The highest BCUT2D eigenvalue weighted by atomic mass is 32.2. The standard InChI is InChI=1S/C35H43N7O7S/c1-7-23-17-35(23,33(45)41-50(46,47)26-9-10-26)42-18-25(49-32-27-11-8-24(48-6)15-22(27)12-13-36-32)16-28(42)30(43)40-31(44)29(19(2)3)39-34-37-20(4)14-21(5)38-34/h7-8,11-15,19,23,25-26,28-29H,1,9-10,16-18H2,2-6H3,(H,41,45)(H,37,38,39)(H,40,43,44)/t23-,25-,28+,29-,35-/m1/s1. The second-order valence-electron chi connectivity index (χ2n) is 13.7. The highest BCUT2D eigenvalue weighted by Crippen LogP contribution is 2.53. The van der Waals surface area contributed by atoms with Crippen molar-refractivity contribution in [3.05, 3.63) is 60.6 Å². The number of pyridine rings is 1. The number of fused-ring (bicyclic) bond motifs is 1. The van der Waals surface area contributed by atoms with Crippen LogP contribution in [-0.2, 0) is 24.4 Å². The number of rotatable bonds is 13. The van der Waals surface area contributed by atoms with Gasteiger partial charge in [-0.25, -0.2) is 23.4 Å². The molecular formula is C35H43N7O7S. The summed E-state index contributed by atoms with van der Waals surface area (Å²) >= 11 is 0. The van der Waals surface area contributed by atoms with Crippen LogP contribution >= 0.6 is 0 Å². The average molecular weight is 706 g/mol. The lowest BCUT2D eigenvalue weighted by Gasteiger charge is -2.32. The second kappa shape index (κ2) is 13.6. The lowest BCUT2D eigenvalue weighted by molar-refractivity contribution is -0.136. The van der Waals surface area contributed by atoms with Crippen molar-refractivity contribution in [3.8, 4) is 11.6 Å². The number of anilines is 1. The first-order chi connectivity index (χ1) is 23.7. The van der Waals surface area contributed by atoms with Crippen LogP contribution in [0.15, 0.2) is 49.2 Å². The fourth-order valence-electron chi connectivity index (χ4n) is 6.78. The van der Waals surface area contributed by atoms with E-state index in [2.05, 4.69) is 36.9 Å². The van der Waals surface area contributed by atoms with E-state index in [-0.39, 0.29) is 31.3 Å². The molecule has 14 nitrogen and oxygen atoms in total. The van der Waals surface area contributed by atoms with Crippen LogP contribution in [0.5, 0.6) is 11.6 Å². The molecule has 3 amide bonds. The van der Waals surface area contributed by atoms with Crippen LogP contribution in [0.3, 0.4) is 0 Å². The maximum Gasteiger partial charge on any atom is 0.254 e. The molecule has 0 bridgehead atoms. The number of sulfonamides is 1. The van der Waals surface area contributed by atoms with E-state index in [9.17, 15) is 22.8 Å². The molecule has 5 atom stereocenters. The van der Waals surface area contributed by atoms with Crippen LogP contribution < -0.4 is 24.8 Å². The van der Waals surface area contributed by atoms with Gasteiger partial charge in [0.15, 0.2) is 0 Å². The van der Waals surface area contributed by atoms with Crippen molar-refractivity contribution in [1.29, 1.82) is 0 Å². The summed E-state index contributed by atoms with van der Waals surface area (Å²) in [5, 5.41) is 6.56. The third kappa shape index (κ3) is 7.01. The van der Waals surface area contributed by atoms with Gasteiger partial charge in [0, 0.05) is 41.9 Å². The van der Waals surface area contributed by atoms with Crippen molar-refractivity contribution in [3.63, 3.8) is 0 Å². The number of imide groups is 1. The van der Waals surface area contributed by atoms with Crippen LogP contribution in [0.2, 0.25) is 0 Å². The molecule has 0 unspecified atom stereocenters. The number of amides is 3. The molecule has 2 saturated carbocycles. The Labute approximate surface area is 291 Å². The number of ether oxygens (including phenoxy) is 2. The van der Waals surface area contributed by atoms with E-state index in [1.165, 1.54) is 0 Å². The fourth-order valence-corrected chi connectivity index (χ4v) is 8.14. The van der Waals surface area contributed by atoms with E-state index < -0.39 is 62.6 Å². The van der Waals surface area contributed by atoms with E-state index in [1.807, 2.05) is 52.0 Å². The van der Waals surface area contributed by atoms with Crippen molar-refractivity contribution in [2.75, 3.05) is 19.0 Å². The number of nitrogens with one attached hydrogen (secondary N) is 3. The van der Waals surface area contributed by atoms with Crippen LogP contribution in [-0.4, -0.2) is 88.6 Å². The molecule has 6 rings (SSSR count). The molecule has 50 heavy (non-hydrogen) atoms. The van der Waals surface area contributed by atoms with Gasteiger partial charge in [-0.05, 0) is 74.7 Å². The lowest BCUT2D eigenvalue weighted by atomic mass is 10.0. The van der Waals surface area contributed by atoms with Crippen molar-refractivity contribution in [1.82, 2.24) is 29.9 Å². The molecule has 15 heteroatoms. The van der Waals surface area contributed by atoms with Gasteiger partial charge in [-0.2, -0.15) is 0 Å². The van der Waals surface area contributed by atoms with Crippen molar-refractivity contribution in [2.24, 2.45) is 11.8 Å². The largest absolute Gasteiger partial charge is 0.497 e. The zero-order chi connectivity index (χ0) is 36.0. The molecule has 3 heterocycles. The van der Waals surface area contributed by atoms with Crippen LogP contribution in [0.4, 0.5) is 5.95 Å². The molecular weight excluding hydrogens is 662 g/mol. The van der Waals surface area contributed by atoms with E-state index in [0.29, 0.717) is 24.5 Å². The van der Waals surface area contributed by atoms with Gasteiger partial charge in [0.1, 0.15) is 23.4 Å². The monoisotopic (exact) mass is 705 g/mol. The van der Waals surface area contributed by atoms with Gasteiger partial charge in [-0.15, -0.1) is 6.58 Å². The third-order valence-electron chi connectivity index (χ3n) is 9.61. The SMILES string of the molecule is C=C[C@@H]1C[C@@]1(C(=O)NS(=O)(=O)C1CC1)N1C[C@H](Oc2nccc3cc(OC)ccc23)C[C@H]1C(=O)NC(=O)[C@H](Nc1nc(C)cc(C)n1)C(C)C. The zero-order valence-corrected chi connectivity index (χ0v) is 29.6. The number of aryl methyl sites for hydroxylation is 2. The number of carbonyl (C=O) groups excluding carboxylic acids is 3. The minimum Gasteiger partial charge on any atom is -0.497 e. The summed E-state index contributed by atoms with van der Waals surface area (Å²) in [4.78, 5) is 56.6. The maximum atomic E-state index is 14.1. The van der Waals surface area contributed by atoms with Gasteiger partial charge < -0.3 is 14.8 Å². The molecule has 1 aliphatic heterocycles. The number of hydrogen-bond donors (Lipinski definition) is 3. The van der Waals surface area contributed by atoms with E-state index in [0.717, 1.165) is 22.2 Å². The second-order valence-corrected chi connectivity index (χ2v) is 15.6. The number of benzene rings is 1. The summed E-state index contributed by atoms with van der Waals surface area (Å²) in [7, 11) is -2.30. The first-order valence-electron chi connectivity index (χ1n) is 16.7. The van der Waals surface area contributed by atoms with Crippen LogP contribution in [0.25, 0.3) is 10.8 Å². The Kier molecular flexibility index (Phi) is 9.57. The summed E-state index contributed by atoms with van der Waals surface area (Å²) in [6.07, 6.45) is 3.88. The van der Waals surface area contributed by atoms with Crippen LogP contribution in [0, 0.1) is 25.7 Å². The number of methoxy groups -OCH3 is 1. The van der Waals surface area contributed by atoms with E-state index >= 15 is 0 Å². The normalized spacial score (nSPS) is 24.0. The van der Waals surface area contributed by atoms with Gasteiger partial charge in [-0.1, -0.05) is 19.9 Å². The molecule has 2 aliphatic carbocycles. The first kappa shape index (κ1) is 35.2. The van der Waals surface area contributed by atoms with Gasteiger partial charge >= 0.3 is 0 Å². The Balaban J connectivity index is 1.29. The molecule has 3 N–H and O–H groups in total. The first-order valence-corrected chi connectivity index (χ1v) is 18.3. The predicted octanol–water partition coefficient (Wildman–Crippen LogP) is 2.80.